The fraction of sp³-hybridized carbons (Fsp3) is 0.933. The van der Waals surface area contributed by atoms with Crippen molar-refractivity contribution < 1.29 is 23.1 Å². The van der Waals surface area contributed by atoms with Gasteiger partial charge in [-0.05, 0) is 50.6 Å². The van der Waals surface area contributed by atoms with Crippen LogP contribution in [-0.4, -0.2) is 65.8 Å². The van der Waals surface area contributed by atoms with Gasteiger partial charge in [-0.1, -0.05) is 6.92 Å². The van der Waals surface area contributed by atoms with Crippen LogP contribution in [0, 0.1) is 11.8 Å². The Morgan fingerprint density at radius 1 is 1.23 bits per heavy atom. The average molecular weight is 322 g/mol. The highest BCUT2D eigenvalue weighted by atomic mass is 19.4. The van der Waals surface area contributed by atoms with Crippen LogP contribution in [0.5, 0.6) is 0 Å². The molecule has 0 saturated carbocycles. The lowest BCUT2D eigenvalue weighted by molar-refractivity contribution is -0.223. The van der Waals surface area contributed by atoms with E-state index in [1.807, 2.05) is 9.80 Å². The summed E-state index contributed by atoms with van der Waals surface area (Å²) in [7, 11) is 0. The third kappa shape index (κ3) is 4.59. The molecule has 7 heteroatoms. The summed E-state index contributed by atoms with van der Waals surface area (Å²) in [6.07, 6.45) is -4.06. The minimum atomic E-state index is -4.55. The van der Waals surface area contributed by atoms with Crippen molar-refractivity contribution in [2.24, 2.45) is 11.8 Å². The Labute approximate surface area is 129 Å². The minimum Gasteiger partial charge on any atom is -0.383 e. The number of likely N-dealkylation sites (tertiary alicyclic amines) is 2. The van der Waals surface area contributed by atoms with Gasteiger partial charge in [-0.25, -0.2) is 0 Å². The highest BCUT2D eigenvalue weighted by Crippen LogP contribution is 2.31. The van der Waals surface area contributed by atoms with Crippen LogP contribution in [0.1, 0.15) is 32.6 Å². The standard InChI is InChI=1S/C15H25F3N2O2/c1-11-3-2-6-20(9-11)13(21)10-19-7-4-12(5-8-19)14(22)15(16,17)18/h11-12,14,22H,2-10H2,1H3. The van der Waals surface area contributed by atoms with Gasteiger partial charge in [0, 0.05) is 13.1 Å². The van der Waals surface area contributed by atoms with Crippen LogP contribution in [0.3, 0.4) is 0 Å². The Balaban J connectivity index is 1.76. The van der Waals surface area contributed by atoms with Gasteiger partial charge >= 0.3 is 6.18 Å². The monoisotopic (exact) mass is 322 g/mol. The average Bonchev–Trinajstić information content (AvgIpc) is 2.46. The molecule has 0 radical (unpaired) electrons. The summed E-state index contributed by atoms with van der Waals surface area (Å²) in [6.45, 7) is 4.85. The second-order valence-corrected chi connectivity index (χ2v) is 6.69. The zero-order valence-electron chi connectivity index (χ0n) is 13.0. The molecule has 1 N–H and O–H groups in total. The molecule has 0 bridgehead atoms. The number of aliphatic hydroxyl groups is 1. The van der Waals surface area contributed by atoms with Crippen molar-refractivity contribution in [1.82, 2.24) is 9.80 Å². The maximum absolute atomic E-state index is 12.5. The van der Waals surface area contributed by atoms with Crippen molar-refractivity contribution in [1.29, 1.82) is 0 Å². The van der Waals surface area contributed by atoms with Crippen molar-refractivity contribution >= 4 is 5.91 Å². The van der Waals surface area contributed by atoms with Crippen LogP contribution < -0.4 is 0 Å². The summed E-state index contributed by atoms with van der Waals surface area (Å²) in [6, 6.07) is 0. The second kappa shape index (κ2) is 7.17. The zero-order valence-corrected chi connectivity index (χ0v) is 13.0. The number of rotatable bonds is 3. The molecule has 0 aromatic carbocycles. The molecule has 1 amide bonds. The van der Waals surface area contributed by atoms with Gasteiger partial charge in [-0.15, -0.1) is 0 Å². The van der Waals surface area contributed by atoms with Crippen molar-refractivity contribution in [2.75, 3.05) is 32.7 Å². The van der Waals surface area contributed by atoms with E-state index >= 15 is 0 Å². The second-order valence-electron chi connectivity index (χ2n) is 6.69. The summed E-state index contributed by atoms with van der Waals surface area (Å²) in [5.41, 5.74) is 0. The normalized spacial score (nSPS) is 27.0. The van der Waals surface area contributed by atoms with Crippen molar-refractivity contribution in [3.63, 3.8) is 0 Å². The number of piperidine rings is 2. The number of hydrogen-bond donors (Lipinski definition) is 1. The first-order valence-corrected chi connectivity index (χ1v) is 8.02. The predicted octanol–water partition coefficient (Wildman–Crippen LogP) is 1.88. The van der Waals surface area contributed by atoms with E-state index < -0.39 is 18.2 Å². The molecular formula is C15H25F3N2O2. The van der Waals surface area contributed by atoms with E-state index in [1.54, 1.807) is 0 Å². The number of aliphatic hydroxyl groups excluding tert-OH is 1. The lowest BCUT2D eigenvalue weighted by Crippen LogP contribution is -2.48. The molecule has 0 aromatic rings. The summed E-state index contributed by atoms with van der Waals surface area (Å²) in [5, 5.41) is 9.29. The predicted molar refractivity (Wildman–Crippen MR) is 76.2 cm³/mol. The lowest BCUT2D eigenvalue weighted by Gasteiger charge is -2.36. The molecule has 2 heterocycles. The SMILES string of the molecule is CC1CCCN(C(=O)CN2CCC(C(O)C(F)(F)F)CC2)C1. The van der Waals surface area contributed by atoms with Gasteiger partial charge in [0.05, 0.1) is 6.54 Å². The smallest absolute Gasteiger partial charge is 0.383 e. The van der Waals surface area contributed by atoms with Crippen LogP contribution >= 0.6 is 0 Å². The maximum atomic E-state index is 12.5. The van der Waals surface area contributed by atoms with Gasteiger partial charge in [0.25, 0.3) is 0 Å². The summed E-state index contributed by atoms with van der Waals surface area (Å²) in [4.78, 5) is 16.0. The summed E-state index contributed by atoms with van der Waals surface area (Å²) in [5.74, 6) is -0.159. The number of nitrogens with zero attached hydrogens (tertiary/aromatic N) is 2. The topological polar surface area (TPSA) is 43.8 Å². The van der Waals surface area contributed by atoms with Crippen molar-refractivity contribution in [3.05, 3.63) is 0 Å². The number of hydrogen-bond acceptors (Lipinski definition) is 3. The molecule has 2 atom stereocenters. The van der Waals surface area contributed by atoms with Crippen LogP contribution in [0.2, 0.25) is 0 Å². The quantitative estimate of drug-likeness (QED) is 0.863. The molecular weight excluding hydrogens is 297 g/mol. The first kappa shape index (κ1) is 17.5. The number of alkyl halides is 3. The van der Waals surface area contributed by atoms with Gasteiger partial charge in [-0.3, -0.25) is 9.69 Å². The van der Waals surface area contributed by atoms with Crippen LogP contribution in [0.15, 0.2) is 0 Å². The van der Waals surface area contributed by atoms with E-state index in [2.05, 4.69) is 6.92 Å². The van der Waals surface area contributed by atoms with Crippen LogP contribution in [-0.2, 0) is 4.79 Å². The molecule has 2 aliphatic heterocycles. The minimum absolute atomic E-state index is 0.0707. The third-order valence-corrected chi connectivity index (χ3v) is 4.78. The van der Waals surface area contributed by atoms with E-state index in [9.17, 15) is 23.1 Å². The fourth-order valence-corrected chi connectivity index (χ4v) is 3.40. The molecule has 2 rings (SSSR count). The lowest BCUT2D eigenvalue weighted by atomic mass is 9.91. The molecule has 22 heavy (non-hydrogen) atoms. The Morgan fingerprint density at radius 3 is 2.41 bits per heavy atom. The van der Waals surface area contributed by atoms with Crippen LogP contribution in [0.4, 0.5) is 13.2 Å². The van der Waals surface area contributed by atoms with Gasteiger partial charge < -0.3 is 10.0 Å². The van der Waals surface area contributed by atoms with Crippen molar-refractivity contribution in [2.45, 2.75) is 44.9 Å². The van der Waals surface area contributed by atoms with Gasteiger partial charge in [0.1, 0.15) is 0 Å². The van der Waals surface area contributed by atoms with E-state index in [0.717, 1.165) is 25.9 Å². The number of halogens is 3. The third-order valence-electron chi connectivity index (χ3n) is 4.78. The number of amides is 1. The highest BCUT2D eigenvalue weighted by Gasteiger charge is 2.44. The molecule has 4 nitrogen and oxygen atoms in total. The maximum Gasteiger partial charge on any atom is 0.414 e. The molecule has 128 valence electrons. The largest absolute Gasteiger partial charge is 0.414 e. The van der Waals surface area contributed by atoms with E-state index in [4.69, 9.17) is 0 Å². The van der Waals surface area contributed by atoms with Crippen molar-refractivity contribution in [3.8, 4) is 0 Å². The fourth-order valence-electron chi connectivity index (χ4n) is 3.40. The van der Waals surface area contributed by atoms with E-state index in [-0.39, 0.29) is 25.3 Å². The number of carbonyl (C=O) groups is 1. The first-order valence-electron chi connectivity index (χ1n) is 8.02. The van der Waals surface area contributed by atoms with Gasteiger partial charge in [0.15, 0.2) is 6.10 Å². The molecule has 0 aliphatic carbocycles. The van der Waals surface area contributed by atoms with E-state index in [0.29, 0.717) is 19.0 Å². The Morgan fingerprint density at radius 2 is 1.86 bits per heavy atom. The van der Waals surface area contributed by atoms with Gasteiger partial charge in [0.2, 0.25) is 5.91 Å². The molecule has 2 saturated heterocycles. The molecule has 0 aromatic heterocycles. The first-order chi connectivity index (χ1) is 10.3. The van der Waals surface area contributed by atoms with Gasteiger partial charge in [-0.2, -0.15) is 13.2 Å². The molecule has 2 aliphatic rings. The van der Waals surface area contributed by atoms with Crippen LogP contribution in [0.25, 0.3) is 0 Å². The highest BCUT2D eigenvalue weighted by molar-refractivity contribution is 5.78. The zero-order chi connectivity index (χ0) is 16.3. The Kier molecular flexibility index (Phi) is 5.71. The summed E-state index contributed by atoms with van der Waals surface area (Å²) >= 11 is 0. The van der Waals surface area contributed by atoms with E-state index in [1.165, 1.54) is 0 Å². The molecule has 0 spiro atoms. The Bertz CT molecular complexity index is 381. The molecule has 2 fully saturated rings. The molecule has 2 unspecified atom stereocenters. The number of carbonyl (C=O) groups excluding carboxylic acids is 1. The Hall–Kier alpha value is -0.820. The summed E-state index contributed by atoms with van der Waals surface area (Å²) < 4.78 is 37.5.